The summed E-state index contributed by atoms with van der Waals surface area (Å²) in [5.41, 5.74) is 11.5. The first-order valence-electron chi connectivity index (χ1n) is 8.14. The molecule has 0 saturated carbocycles. The lowest BCUT2D eigenvalue weighted by Gasteiger charge is -2.24. The second-order valence-electron chi connectivity index (χ2n) is 6.20. The predicted molar refractivity (Wildman–Crippen MR) is 86.8 cm³/mol. The summed E-state index contributed by atoms with van der Waals surface area (Å²) < 4.78 is 0. The normalized spacial score (nSPS) is 21.3. The number of nitrogens with one attached hydrogen (secondary N) is 1. The van der Waals surface area contributed by atoms with Crippen LogP contribution in [0.4, 0.5) is 5.69 Å². The maximum atomic E-state index is 6.25. The van der Waals surface area contributed by atoms with E-state index < -0.39 is 0 Å². The van der Waals surface area contributed by atoms with E-state index in [4.69, 9.17) is 5.73 Å². The van der Waals surface area contributed by atoms with E-state index >= 15 is 0 Å². The molecule has 3 rings (SSSR count). The van der Waals surface area contributed by atoms with Crippen molar-refractivity contribution in [2.45, 2.75) is 50.9 Å². The highest BCUT2D eigenvalue weighted by atomic mass is 14.9. The fourth-order valence-electron chi connectivity index (χ4n) is 3.52. The van der Waals surface area contributed by atoms with Crippen LogP contribution >= 0.6 is 0 Å². The summed E-state index contributed by atoms with van der Waals surface area (Å²) in [7, 11) is 0. The van der Waals surface area contributed by atoms with E-state index in [1.54, 1.807) is 0 Å². The largest absolute Gasteiger partial charge is 0.398 e. The van der Waals surface area contributed by atoms with Crippen molar-refractivity contribution in [1.29, 1.82) is 0 Å². The van der Waals surface area contributed by atoms with Crippen molar-refractivity contribution in [1.82, 2.24) is 5.32 Å². The molecule has 0 bridgehead atoms. The lowest BCUT2D eigenvalue weighted by atomic mass is 9.87. The fraction of sp³-hybridized carbons (Fsp3) is 0.556. The van der Waals surface area contributed by atoms with Gasteiger partial charge in [0, 0.05) is 11.3 Å². The number of rotatable bonds is 2. The molecule has 20 heavy (non-hydrogen) atoms. The summed E-state index contributed by atoms with van der Waals surface area (Å²) >= 11 is 0. The Morgan fingerprint density at radius 3 is 2.75 bits per heavy atom. The van der Waals surface area contributed by atoms with Crippen LogP contribution < -0.4 is 11.1 Å². The highest BCUT2D eigenvalue weighted by Crippen LogP contribution is 2.34. The molecule has 0 unspecified atom stereocenters. The van der Waals surface area contributed by atoms with E-state index in [2.05, 4.69) is 29.6 Å². The van der Waals surface area contributed by atoms with Crippen molar-refractivity contribution < 1.29 is 0 Å². The third kappa shape index (κ3) is 3.06. The average Bonchev–Trinajstić information content (AvgIpc) is 2.78. The minimum Gasteiger partial charge on any atom is -0.398 e. The minimum absolute atomic E-state index is 0.710. The molecule has 1 fully saturated rings. The highest BCUT2D eigenvalue weighted by molar-refractivity contribution is 5.75. The van der Waals surface area contributed by atoms with Gasteiger partial charge in [0.25, 0.3) is 0 Å². The van der Waals surface area contributed by atoms with Gasteiger partial charge in [0.1, 0.15) is 0 Å². The first-order valence-corrected chi connectivity index (χ1v) is 8.14. The summed E-state index contributed by atoms with van der Waals surface area (Å²) in [4.78, 5) is 0. The molecule has 2 heteroatoms. The van der Waals surface area contributed by atoms with Gasteiger partial charge in [-0.2, -0.15) is 0 Å². The summed E-state index contributed by atoms with van der Waals surface area (Å²) in [6, 6.07) is 6.74. The predicted octanol–water partition coefficient (Wildman–Crippen LogP) is 4.08. The zero-order valence-electron chi connectivity index (χ0n) is 12.3. The summed E-state index contributed by atoms with van der Waals surface area (Å²) in [5.74, 6) is 0.710. The molecule has 0 amide bonds. The number of hydrogen-bond acceptors (Lipinski definition) is 2. The van der Waals surface area contributed by atoms with Crippen molar-refractivity contribution in [2.75, 3.05) is 18.8 Å². The first kappa shape index (κ1) is 13.7. The zero-order valence-corrected chi connectivity index (χ0v) is 12.3. The van der Waals surface area contributed by atoms with Crippen LogP contribution in [0.2, 0.25) is 0 Å². The number of allylic oxidation sites excluding steroid dienone is 2. The average molecular weight is 270 g/mol. The maximum Gasteiger partial charge on any atom is 0.0390 e. The number of nitrogens with two attached hydrogens (primary N) is 1. The molecule has 2 aliphatic rings. The van der Waals surface area contributed by atoms with Crippen molar-refractivity contribution >= 4 is 11.3 Å². The molecule has 0 aromatic heterocycles. The van der Waals surface area contributed by atoms with Crippen molar-refractivity contribution in [2.24, 2.45) is 0 Å². The molecule has 1 heterocycles. The van der Waals surface area contributed by atoms with Gasteiger partial charge in [0.05, 0.1) is 0 Å². The molecule has 108 valence electrons. The van der Waals surface area contributed by atoms with Crippen LogP contribution in [0.15, 0.2) is 24.3 Å². The van der Waals surface area contributed by atoms with Crippen molar-refractivity contribution in [3.05, 3.63) is 35.4 Å². The van der Waals surface area contributed by atoms with Crippen LogP contribution in [-0.2, 0) is 0 Å². The Morgan fingerprint density at radius 1 is 1.05 bits per heavy atom. The summed E-state index contributed by atoms with van der Waals surface area (Å²) in [6.45, 7) is 2.29. The van der Waals surface area contributed by atoms with E-state index in [-0.39, 0.29) is 0 Å². The molecule has 0 spiro atoms. The third-order valence-electron chi connectivity index (χ3n) is 4.77. The standard InChI is InChI=1S/C18H26N2/c19-18-8-7-16(14-9-11-20-12-10-14)13-17(18)15-5-3-1-2-4-6-15/h5,7-8,13-14,20H,1-4,6,9-12,19H2. The molecule has 1 aromatic rings. The van der Waals surface area contributed by atoms with Gasteiger partial charge >= 0.3 is 0 Å². The monoisotopic (exact) mass is 270 g/mol. The van der Waals surface area contributed by atoms with Crippen LogP contribution in [0.1, 0.15) is 62.0 Å². The Labute approximate surface area is 122 Å². The molecule has 0 atom stereocenters. The van der Waals surface area contributed by atoms with Crippen LogP contribution in [0.25, 0.3) is 5.57 Å². The van der Waals surface area contributed by atoms with Crippen molar-refractivity contribution in [3.63, 3.8) is 0 Å². The smallest absolute Gasteiger partial charge is 0.0390 e. The lowest BCUT2D eigenvalue weighted by Crippen LogP contribution is -2.26. The molecule has 0 radical (unpaired) electrons. The number of hydrogen-bond donors (Lipinski definition) is 2. The molecule has 1 aromatic carbocycles. The van der Waals surface area contributed by atoms with Gasteiger partial charge in [-0.1, -0.05) is 18.6 Å². The molecule has 3 N–H and O–H groups in total. The highest BCUT2D eigenvalue weighted by Gasteiger charge is 2.17. The van der Waals surface area contributed by atoms with Crippen molar-refractivity contribution in [3.8, 4) is 0 Å². The van der Waals surface area contributed by atoms with E-state index in [9.17, 15) is 0 Å². The Morgan fingerprint density at radius 2 is 1.90 bits per heavy atom. The number of anilines is 1. The minimum atomic E-state index is 0.710. The molecule has 1 saturated heterocycles. The van der Waals surface area contributed by atoms with E-state index in [1.807, 2.05) is 0 Å². The Kier molecular flexibility index (Phi) is 4.41. The Bertz CT molecular complexity index is 484. The number of nitrogen functional groups attached to an aromatic ring is 1. The van der Waals surface area contributed by atoms with Gasteiger partial charge in [-0.15, -0.1) is 0 Å². The van der Waals surface area contributed by atoms with Gasteiger partial charge in [0.2, 0.25) is 0 Å². The third-order valence-corrected chi connectivity index (χ3v) is 4.77. The second-order valence-corrected chi connectivity index (χ2v) is 6.20. The topological polar surface area (TPSA) is 38.0 Å². The van der Waals surface area contributed by atoms with Gasteiger partial charge < -0.3 is 11.1 Å². The quantitative estimate of drug-likeness (QED) is 0.795. The second kappa shape index (κ2) is 6.45. The van der Waals surface area contributed by atoms with E-state index in [0.717, 1.165) is 18.8 Å². The Balaban J connectivity index is 1.87. The van der Waals surface area contributed by atoms with Crippen LogP contribution in [0.3, 0.4) is 0 Å². The molecule has 1 aliphatic carbocycles. The Hall–Kier alpha value is -1.28. The molecule has 1 aliphatic heterocycles. The van der Waals surface area contributed by atoms with E-state index in [0.29, 0.717) is 5.92 Å². The van der Waals surface area contributed by atoms with E-state index in [1.165, 1.54) is 61.6 Å². The SMILES string of the molecule is Nc1ccc(C2CCNCC2)cc1C1=CCCCCC1. The van der Waals surface area contributed by atoms with Gasteiger partial charge in [0.15, 0.2) is 0 Å². The maximum absolute atomic E-state index is 6.25. The molecular formula is C18H26N2. The number of piperidine rings is 1. The van der Waals surface area contributed by atoms with Crippen LogP contribution in [0.5, 0.6) is 0 Å². The van der Waals surface area contributed by atoms with Gasteiger partial charge in [-0.3, -0.25) is 0 Å². The van der Waals surface area contributed by atoms with Crippen LogP contribution in [0, 0.1) is 0 Å². The van der Waals surface area contributed by atoms with Gasteiger partial charge in [-0.25, -0.2) is 0 Å². The lowest BCUT2D eigenvalue weighted by molar-refractivity contribution is 0.460. The van der Waals surface area contributed by atoms with Crippen LogP contribution in [-0.4, -0.2) is 13.1 Å². The van der Waals surface area contributed by atoms with Gasteiger partial charge in [-0.05, 0) is 80.8 Å². The number of benzene rings is 1. The molecular weight excluding hydrogens is 244 g/mol. The summed E-state index contributed by atoms with van der Waals surface area (Å²) in [6.07, 6.45) is 11.3. The summed E-state index contributed by atoms with van der Waals surface area (Å²) in [5, 5.41) is 3.45. The first-order chi connectivity index (χ1) is 9.84. The molecule has 2 nitrogen and oxygen atoms in total. The fourth-order valence-corrected chi connectivity index (χ4v) is 3.52. The zero-order chi connectivity index (χ0) is 13.8.